The largest absolute Gasteiger partial charge is 0.323 e. The molecule has 1 amide bonds. The van der Waals surface area contributed by atoms with Crippen molar-refractivity contribution in [1.82, 2.24) is 10.2 Å². The van der Waals surface area contributed by atoms with Crippen molar-refractivity contribution in [2.24, 2.45) is 0 Å². The van der Waals surface area contributed by atoms with Gasteiger partial charge in [-0.3, -0.25) is 4.79 Å². The Balaban J connectivity index is 1.55. The first-order valence-corrected chi connectivity index (χ1v) is 9.89. The lowest BCUT2D eigenvalue weighted by Gasteiger charge is -2.10. The molecule has 1 aromatic heterocycles. The van der Waals surface area contributed by atoms with Gasteiger partial charge in [-0.2, -0.15) is 0 Å². The van der Waals surface area contributed by atoms with E-state index in [1.54, 1.807) is 12.1 Å². The van der Waals surface area contributed by atoms with E-state index in [-0.39, 0.29) is 17.3 Å². The molecule has 0 saturated carbocycles. The molecule has 4 rings (SSSR count). The second-order valence-corrected chi connectivity index (χ2v) is 7.33. The Morgan fingerprint density at radius 1 is 0.867 bits per heavy atom. The number of nitrogens with one attached hydrogen (secondary N) is 1. The van der Waals surface area contributed by atoms with Gasteiger partial charge in [-0.15, -0.1) is 10.2 Å². The Kier molecular flexibility index (Phi) is 5.67. The van der Waals surface area contributed by atoms with E-state index in [0.717, 1.165) is 34.2 Å². The summed E-state index contributed by atoms with van der Waals surface area (Å²) in [6, 6.07) is 16.3. The SMILES string of the molecule is O=C(CSc1nnc(-c2ccc(F)cc2)c2ccccc12)Nc1ccc(F)cc1F. The summed E-state index contributed by atoms with van der Waals surface area (Å²) >= 11 is 1.15. The highest BCUT2D eigenvalue weighted by atomic mass is 32.2. The van der Waals surface area contributed by atoms with Gasteiger partial charge in [0.25, 0.3) is 0 Å². The lowest BCUT2D eigenvalue weighted by molar-refractivity contribution is -0.113. The van der Waals surface area contributed by atoms with Crippen LogP contribution >= 0.6 is 11.8 Å². The van der Waals surface area contributed by atoms with E-state index in [4.69, 9.17) is 0 Å². The molecule has 8 heteroatoms. The highest BCUT2D eigenvalue weighted by Crippen LogP contribution is 2.31. The molecule has 30 heavy (non-hydrogen) atoms. The molecule has 150 valence electrons. The zero-order chi connectivity index (χ0) is 21.1. The number of hydrogen-bond donors (Lipinski definition) is 1. The van der Waals surface area contributed by atoms with Crippen LogP contribution in [-0.2, 0) is 4.79 Å². The molecule has 3 aromatic carbocycles. The van der Waals surface area contributed by atoms with Gasteiger partial charge in [0.15, 0.2) is 0 Å². The zero-order valence-corrected chi connectivity index (χ0v) is 16.2. The van der Waals surface area contributed by atoms with E-state index >= 15 is 0 Å². The molecule has 0 radical (unpaired) electrons. The molecule has 0 aliphatic carbocycles. The highest BCUT2D eigenvalue weighted by Gasteiger charge is 2.14. The highest BCUT2D eigenvalue weighted by molar-refractivity contribution is 8.00. The fraction of sp³-hybridized carbons (Fsp3) is 0.0455. The summed E-state index contributed by atoms with van der Waals surface area (Å²) in [6.45, 7) is 0. The summed E-state index contributed by atoms with van der Waals surface area (Å²) < 4.78 is 39.9. The van der Waals surface area contributed by atoms with Gasteiger partial charge in [0.05, 0.1) is 11.4 Å². The number of amides is 1. The van der Waals surface area contributed by atoms with Crippen molar-refractivity contribution in [1.29, 1.82) is 0 Å². The van der Waals surface area contributed by atoms with E-state index < -0.39 is 17.5 Å². The molecular formula is C22H14F3N3OS. The van der Waals surface area contributed by atoms with Crippen LogP contribution in [0.2, 0.25) is 0 Å². The summed E-state index contributed by atoms with van der Waals surface area (Å²) in [5, 5.41) is 13.0. The molecule has 4 nitrogen and oxygen atoms in total. The number of thioether (sulfide) groups is 1. The van der Waals surface area contributed by atoms with Crippen molar-refractivity contribution in [2.75, 3.05) is 11.1 Å². The second kappa shape index (κ2) is 8.54. The summed E-state index contributed by atoms with van der Waals surface area (Å²) in [4.78, 5) is 12.2. The standard InChI is InChI=1S/C22H14F3N3OS/c23-14-7-5-13(6-8-14)21-16-3-1-2-4-17(16)22(28-27-21)30-12-20(29)26-19-10-9-15(24)11-18(19)25/h1-11H,12H2,(H,26,29). The Morgan fingerprint density at radius 3 is 2.30 bits per heavy atom. The van der Waals surface area contributed by atoms with Gasteiger partial charge in [-0.1, -0.05) is 36.0 Å². The van der Waals surface area contributed by atoms with Crippen LogP contribution < -0.4 is 5.32 Å². The smallest absolute Gasteiger partial charge is 0.234 e. The molecule has 0 unspecified atom stereocenters. The topological polar surface area (TPSA) is 54.9 Å². The molecule has 1 heterocycles. The second-order valence-electron chi connectivity index (χ2n) is 6.37. The zero-order valence-electron chi connectivity index (χ0n) is 15.4. The Bertz CT molecular complexity index is 1230. The fourth-order valence-corrected chi connectivity index (χ4v) is 3.69. The van der Waals surface area contributed by atoms with Gasteiger partial charge in [0.2, 0.25) is 5.91 Å². The predicted octanol–water partition coefficient (Wildman–Crippen LogP) is 5.44. The lowest BCUT2D eigenvalue weighted by Crippen LogP contribution is -2.15. The van der Waals surface area contributed by atoms with Crippen LogP contribution in [0.4, 0.5) is 18.9 Å². The molecule has 0 bridgehead atoms. The van der Waals surface area contributed by atoms with E-state index in [1.807, 2.05) is 24.3 Å². The molecule has 0 saturated heterocycles. The van der Waals surface area contributed by atoms with Gasteiger partial charge in [-0.05, 0) is 36.4 Å². The number of carbonyl (C=O) groups excluding carboxylic acids is 1. The number of aromatic nitrogens is 2. The van der Waals surface area contributed by atoms with Crippen molar-refractivity contribution >= 4 is 34.1 Å². The molecule has 1 N–H and O–H groups in total. The Hall–Kier alpha value is -3.39. The van der Waals surface area contributed by atoms with Gasteiger partial charge < -0.3 is 5.32 Å². The van der Waals surface area contributed by atoms with Gasteiger partial charge in [0, 0.05) is 22.4 Å². The molecule has 0 spiro atoms. The van der Waals surface area contributed by atoms with Gasteiger partial charge in [0.1, 0.15) is 28.2 Å². The first-order valence-electron chi connectivity index (χ1n) is 8.90. The maximum Gasteiger partial charge on any atom is 0.234 e. The third-order valence-corrected chi connectivity index (χ3v) is 5.30. The van der Waals surface area contributed by atoms with Crippen LogP contribution in [0.3, 0.4) is 0 Å². The number of nitrogens with zero attached hydrogens (tertiary/aromatic N) is 2. The number of hydrogen-bond acceptors (Lipinski definition) is 4. The summed E-state index contributed by atoms with van der Waals surface area (Å²) in [5.41, 5.74) is 1.23. The van der Waals surface area contributed by atoms with Gasteiger partial charge in [-0.25, -0.2) is 13.2 Å². The van der Waals surface area contributed by atoms with E-state index in [0.29, 0.717) is 16.8 Å². The van der Waals surface area contributed by atoms with E-state index in [9.17, 15) is 18.0 Å². The molecular weight excluding hydrogens is 411 g/mol. The maximum absolute atomic E-state index is 13.7. The minimum absolute atomic E-state index is 0.0363. The van der Waals surface area contributed by atoms with E-state index in [2.05, 4.69) is 15.5 Å². The maximum atomic E-state index is 13.7. The van der Waals surface area contributed by atoms with E-state index in [1.165, 1.54) is 18.2 Å². The minimum atomic E-state index is -0.845. The molecule has 0 aliphatic rings. The van der Waals surface area contributed by atoms with Crippen molar-refractivity contribution in [3.05, 3.63) is 84.2 Å². The average Bonchev–Trinajstić information content (AvgIpc) is 2.75. The molecule has 4 aromatic rings. The number of halogens is 3. The summed E-state index contributed by atoms with van der Waals surface area (Å²) in [7, 11) is 0. The number of fused-ring (bicyclic) bond motifs is 1. The summed E-state index contributed by atoms with van der Waals surface area (Å²) in [6.07, 6.45) is 0. The number of anilines is 1. The third-order valence-electron chi connectivity index (χ3n) is 4.32. The monoisotopic (exact) mass is 425 g/mol. The average molecular weight is 425 g/mol. The van der Waals surface area contributed by atoms with Crippen molar-refractivity contribution in [3.63, 3.8) is 0 Å². The van der Waals surface area contributed by atoms with Crippen LogP contribution in [0.5, 0.6) is 0 Å². The normalized spacial score (nSPS) is 10.9. The molecule has 0 fully saturated rings. The summed E-state index contributed by atoms with van der Waals surface area (Å²) in [5.74, 6) is -2.40. The van der Waals surface area contributed by atoms with Gasteiger partial charge >= 0.3 is 0 Å². The lowest BCUT2D eigenvalue weighted by atomic mass is 10.1. The van der Waals surface area contributed by atoms with Crippen LogP contribution in [0, 0.1) is 17.5 Å². The minimum Gasteiger partial charge on any atom is -0.323 e. The van der Waals surface area contributed by atoms with Crippen LogP contribution in [-0.4, -0.2) is 21.9 Å². The van der Waals surface area contributed by atoms with Crippen molar-refractivity contribution < 1.29 is 18.0 Å². The van der Waals surface area contributed by atoms with Crippen molar-refractivity contribution in [2.45, 2.75) is 5.03 Å². The number of carbonyl (C=O) groups is 1. The van der Waals surface area contributed by atoms with Crippen LogP contribution in [0.15, 0.2) is 71.8 Å². The first-order chi connectivity index (χ1) is 14.5. The van der Waals surface area contributed by atoms with Crippen LogP contribution in [0.25, 0.3) is 22.0 Å². The Labute approximate surface area is 174 Å². The molecule has 0 aliphatic heterocycles. The Morgan fingerprint density at radius 2 is 1.57 bits per heavy atom. The third kappa shape index (κ3) is 4.28. The first kappa shape index (κ1) is 19.9. The van der Waals surface area contributed by atoms with Crippen LogP contribution in [0.1, 0.15) is 0 Å². The predicted molar refractivity (Wildman–Crippen MR) is 111 cm³/mol. The fourth-order valence-electron chi connectivity index (χ4n) is 2.92. The number of rotatable bonds is 5. The molecule has 0 atom stereocenters. The van der Waals surface area contributed by atoms with Crippen molar-refractivity contribution in [3.8, 4) is 11.3 Å². The number of benzene rings is 3. The quantitative estimate of drug-likeness (QED) is 0.433.